The molecule has 4 rings (SSSR count). The number of pyridine rings is 1. The maximum Gasteiger partial charge on any atom is 0.318 e. The van der Waals surface area contributed by atoms with Gasteiger partial charge < -0.3 is 19.5 Å². The van der Waals surface area contributed by atoms with Gasteiger partial charge in [0, 0.05) is 30.7 Å². The van der Waals surface area contributed by atoms with Gasteiger partial charge >= 0.3 is 6.03 Å². The van der Waals surface area contributed by atoms with E-state index in [0.717, 1.165) is 35.1 Å². The number of nitrogens with one attached hydrogen (secondary N) is 1. The highest BCUT2D eigenvalue weighted by Crippen LogP contribution is 2.18. The monoisotopic (exact) mass is 424 g/mol. The van der Waals surface area contributed by atoms with Crippen LogP contribution in [0.5, 0.6) is 0 Å². The lowest BCUT2D eigenvalue weighted by molar-refractivity contribution is 0.187. The van der Waals surface area contributed by atoms with Crippen molar-refractivity contribution in [2.24, 2.45) is 0 Å². The van der Waals surface area contributed by atoms with Crippen LogP contribution in [-0.2, 0) is 19.6 Å². The molecule has 0 aromatic carbocycles. The topological polar surface area (TPSA) is 61.6 Å². The molecule has 1 aliphatic rings. The van der Waals surface area contributed by atoms with Crippen molar-refractivity contribution in [3.05, 3.63) is 70.4 Å². The molecule has 1 N–H and O–H groups in total. The Morgan fingerprint density at radius 1 is 1.10 bits per heavy atom. The molecule has 0 saturated carbocycles. The molecule has 6 nitrogen and oxygen atoms in total. The van der Waals surface area contributed by atoms with Gasteiger partial charge in [0.2, 0.25) is 0 Å². The molecule has 1 aliphatic heterocycles. The molecule has 2 amide bonds. The molecule has 1 fully saturated rings. The van der Waals surface area contributed by atoms with E-state index in [2.05, 4.69) is 27.3 Å². The zero-order valence-electron chi connectivity index (χ0n) is 17.1. The predicted octanol–water partition coefficient (Wildman–Crippen LogP) is 5.03. The van der Waals surface area contributed by atoms with Crippen LogP contribution in [0.2, 0.25) is 0 Å². The summed E-state index contributed by atoms with van der Waals surface area (Å²) in [6.07, 6.45) is 8.58. The molecule has 0 aliphatic carbocycles. The van der Waals surface area contributed by atoms with Crippen molar-refractivity contribution in [1.29, 1.82) is 0 Å². The van der Waals surface area contributed by atoms with Crippen molar-refractivity contribution in [2.45, 2.75) is 45.3 Å². The number of nitrogens with zero attached hydrogens (tertiary/aromatic N) is 3. The molecule has 0 atom stereocenters. The number of carbonyl (C=O) groups excluding carboxylic acids is 1. The third-order valence-corrected chi connectivity index (χ3v) is 6.18. The number of amides is 2. The maximum atomic E-state index is 12.9. The lowest BCUT2D eigenvalue weighted by Crippen LogP contribution is -2.38. The Hall–Kier alpha value is -2.80. The standard InChI is InChI=1S/C23H28N4O2S/c28-23(27(17-20-7-5-13-29-20)18-21-8-6-14-30-21)25-16-19-9-10-22(24-15-19)26-11-3-1-2-4-12-26/h5-10,13-15H,1-4,11-12,16-18H2,(H,25,28). The van der Waals surface area contributed by atoms with E-state index < -0.39 is 0 Å². The lowest BCUT2D eigenvalue weighted by Gasteiger charge is -2.22. The minimum Gasteiger partial charge on any atom is -0.467 e. The number of aromatic nitrogens is 1. The summed E-state index contributed by atoms with van der Waals surface area (Å²) in [6.45, 7) is 3.59. The van der Waals surface area contributed by atoms with Gasteiger partial charge in [-0.3, -0.25) is 0 Å². The third kappa shape index (κ3) is 5.63. The molecule has 30 heavy (non-hydrogen) atoms. The molecule has 7 heteroatoms. The molecule has 0 radical (unpaired) electrons. The Balaban J connectivity index is 1.35. The molecule has 0 bridgehead atoms. The van der Waals surface area contributed by atoms with Crippen LogP contribution >= 0.6 is 11.3 Å². The Morgan fingerprint density at radius 2 is 1.97 bits per heavy atom. The van der Waals surface area contributed by atoms with Gasteiger partial charge in [0.05, 0.1) is 19.4 Å². The Morgan fingerprint density at radius 3 is 2.63 bits per heavy atom. The molecule has 0 spiro atoms. The zero-order valence-corrected chi connectivity index (χ0v) is 17.9. The number of thiophene rings is 1. The van der Waals surface area contributed by atoms with E-state index in [1.165, 1.54) is 25.7 Å². The van der Waals surface area contributed by atoms with Gasteiger partial charge in [-0.15, -0.1) is 11.3 Å². The summed E-state index contributed by atoms with van der Waals surface area (Å²) >= 11 is 1.65. The molecular formula is C23H28N4O2S. The molecule has 3 aromatic heterocycles. The molecule has 4 heterocycles. The van der Waals surface area contributed by atoms with E-state index in [9.17, 15) is 4.79 Å². The second kappa shape index (κ2) is 10.3. The summed E-state index contributed by atoms with van der Waals surface area (Å²) in [5, 5.41) is 5.05. The van der Waals surface area contributed by atoms with Crippen molar-refractivity contribution in [2.75, 3.05) is 18.0 Å². The Labute approximate surface area is 181 Å². The van der Waals surface area contributed by atoms with E-state index in [4.69, 9.17) is 4.42 Å². The predicted molar refractivity (Wildman–Crippen MR) is 119 cm³/mol. The molecular weight excluding hydrogens is 396 g/mol. The highest BCUT2D eigenvalue weighted by molar-refractivity contribution is 7.09. The average molecular weight is 425 g/mol. The van der Waals surface area contributed by atoms with Crippen LogP contribution in [0, 0.1) is 0 Å². The number of hydrogen-bond acceptors (Lipinski definition) is 5. The smallest absolute Gasteiger partial charge is 0.318 e. The van der Waals surface area contributed by atoms with Crippen LogP contribution < -0.4 is 10.2 Å². The van der Waals surface area contributed by atoms with Crippen LogP contribution in [0.4, 0.5) is 10.6 Å². The zero-order chi connectivity index (χ0) is 20.6. The van der Waals surface area contributed by atoms with Crippen LogP contribution in [0.1, 0.15) is 41.9 Å². The molecule has 158 valence electrons. The lowest BCUT2D eigenvalue weighted by atomic mass is 10.2. The Kier molecular flexibility index (Phi) is 7.03. The van der Waals surface area contributed by atoms with E-state index in [-0.39, 0.29) is 6.03 Å². The first-order valence-electron chi connectivity index (χ1n) is 10.6. The summed E-state index contributed by atoms with van der Waals surface area (Å²) in [5.41, 5.74) is 0.996. The summed E-state index contributed by atoms with van der Waals surface area (Å²) in [4.78, 5) is 22.8. The number of rotatable bonds is 7. The van der Waals surface area contributed by atoms with Crippen LogP contribution in [-0.4, -0.2) is 29.0 Å². The van der Waals surface area contributed by atoms with Crippen molar-refractivity contribution < 1.29 is 9.21 Å². The minimum atomic E-state index is -0.114. The normalized spacial score (nSPS) is 14.3. The number of hydrogen-bond donors (Lipinski definition) is 1. The van der Waals surface area contributed by atoms with Gasteiger partial charge in [-0.25, -0.2) is 9.78 Å². The largest absolute Gasteiger partial charge is 0.467 e. The molecule has 3 aromatic rings. The van der Waals surface area contributed by atoms with Gasteiger partial charge in [-0.2, -0.15) is 0 Å². The van der Waals surface area contributed by atoms with Crippen molar-refractivity contribution in [3.63, 3.8) is 0 Å². The van der Waals surface area contributed by atoms with Crippen LogP contribution in [0.25, 0.3) is 0 Å². The summed E-state index contributed by atoms with van der Waals surface area (Å²) in [6, 6.07) is 11.8. The third-order valence-electron chi connectivity index (χ3n) is 5.32. The fourth-order valence-corrected chi connectivity index (χ4v) is 4.40. The van der Waals surface area contributed by atoms with Crippen molar-refractivity contribution >= 4 is 23.2 Å². The van der Waals surface area contributed by atoms with Crippen molar-refractivity contribution in [1.82, 2.24) is 15.2 Å². The second-order valence-electron chi connectivity index (χ2n) is 7.60. The van der Waals surface area contributed by atoms with E-state index in [1.807, 2.05) is 35.8 Å². The SMILES string of the molecule is O=C(NCc1ccc(N2CCCCCC2)nc1)N(Cc1ccco1)Cc1cccs1. The maximum absolute atomic E-state index is 12.9. The first-order valence-corrected chi connectivity index (χ1v) is 11.4. The summed E-state index contributed by atoms with van der Waals surface area (Å²) in [7, 11) is 0. The Bertz CT molecular complexity index is 850. The molecule has 1 saturated heterocycles. The van der Waals surface area contributed by atoms with E-state index in [1.54, 1.807) is 22.5 Å². The van der Waals surface area contributed by atoms with Gasteiger partial charge in [-0.05, 0) is 48.1 Å². The second-order valence-corrected chi connectivity index (χ2v) is 8.63. The summed E-state index contributed by atoms with van der Waals surface area (Å²) in [5.74, 6) is 1.80. The fourth-order valence-electron chi connectivity index (χ4n) is 3.68. The number of carbonyl (C=O) groups is 1. The minimum absolute atomic E-state index is 0.114. The summed E-state index contributed by atoms with van der Waals surface area (Å²) < 4.78 is 5.44. The first kappa shape index (κ1) is 20.5. The highest BCUT2D eigenvalue weighted by atomic mass is 32.1. The molecule has 0 unspecified atom stereocenters. The van der Waals surface area contributed by atoms with Gasteiger partial charge in [0.25, 0.3) is 0 Å². The first-order chi connectivity index (χ1) is 14.8. The van der Waals surface area contributed by atoms with Gasteiger partial charge in [-0.1, -0.05) is 25.0 Å². The average Bonchev–Trinajstić information content (AvgIpc) is 3.41. The van der Waals surface area contributed by atoms with Gasteiger partial charge in [0.1, 0.15) is 11.6 Å². The van der Waals surface area contributed by atoms with Crippen LogP contribution in [0.15, 0.2) is 58.7 Å². The number of anilines is 1. The quantitative estimate of drug-likeness (QED) is 0.578. The number of urea groups is 1. The number of furan rings is 1. The van der Waals surface area contributed by atoms with E-state index in [0.29, 0.717) is 19.6 Å². The van der Waals surface area contributed by atoms with E-state index >= 15 is 0 Å². The highest BCUT2D eigenvalue weighted by Gasteiger charge is 2.17. The van der Waals surface area contributed by atoms with Crippen LogP contribution in [0.3, 0.4) is 0 Å². The van der Waals surface area contributed by atoms with Gasteiger partial charge in [0.15, 0.2) is 0 Å². The van der Waals surface area contributed by atoms with Crippen molar-refractivity contribution in [3.8, 4) is 0 Å². The fraction of sp³-hybridized carbons (Fsp3) is 0.391.